The Balaban J connectivity index is 1.76. The van der Waals surface area contributed by atoms with E-state index in [2.05, 4.69) is 19.2 Å². The van der Waals surface area contributed by atoms with Gasteiger partial charge in [-0.1, -0.05) is 38.5 Å². The lowest BCUT2D eigenvalue weighted by molar-refractivity contribution is -0.144. The molecule has 0 heterocycles. The summed E-state index contributed by atoms with van der Waals surface area (Å²) >= 11 is 0. The highest BCUT2D eigenvalue weighted by Crippen LogP contribution is 2.29. The van der Waals surface area contributed by atoms with Gasteiger partial charge in [0.05, 0.1) is 12.5 Å². The van der Waals surface area contributed by atoms with E-state index in [1.807, 2.05) is 24.3 Å². The molecule has 1 fully saturated rings. The maximum absolute atomic E-state index is 12.2. The summed E-state index contributed by atoms with van der Waals surface area (Å²) in [5, 5.41) is 12.0. The first-order valence-electron chi connectivity index (χ1n) is 8.71. The quantitative estimate of drug-likeness (QED) is 0.751. The molecule has 1 aliphatic carbocycles. The van der Waals surface area contributed by atoms with Gasteiger partial charge in [0.15, 0.2) is 0 Å². The molecule has 1 aromatic rings. The fraction of sp³-hybridized carbons (Fsp3) is 0.579. The van der Waals surface area contributed by atoms with Crippen LogP contribution in [0.1, 0.15) is 51.0 Å². The van der Waals surface area contributed by atoms with Crippen LogP contribution in [-0.2, 0) is 9.59 Å². The molecule has 1 aromatic carbocycles. The molecular formula is C19H27NO4. The monoisotopic (exact) mass is 333 g/mol. The van der Waals surface area contributed by atoms with Crippen molar-refractivity contribution in [1.29, 1.82) is 0 Å². The second kappa shape index (κ2) is 8.71. The van der Waals surface area contributed by atoms with Crippen LogP contribution in [0.4, 0.5) is 0 Å². The van der Waals surface area contributed by atoms with Gasteiger partial charge in [0.1, 0.15) is 12.4 Å². The summed E-state index contributed by atoms with van der Waals surface area (Å²) in [5.41, 5.74) is 1.15. The van der Waals surface area contributed by atoms with Crippen molar-refractivity contribution in [3.8, 4) is 5.75 Å². The third-order valence-electron chi connectivity index (χ3n) is 4.59. The van der Waals surface area contributed by atoms with Crippen molar-refractivity contribution in [3.63, 3.8) is 0 Å². The molecule has 0 bridgehead atoms. The summed E-state index contributed by atoms with van der Waals surface area (Å²) in [7, 11) is 0. The molecule has 1 amide bonds. The van der Waals surface area contributed by atoms with Crippen LogP contribution in [-0.4, -0.2) is 30.1 Å². The number of carboxylic acids is 1. The standard InChI is InChI=1S/C19H27NO4/c1-13(2)16-8-3-4-9-17(16)24-11-10-20-18(21)14-6-5-7-15(12-14)19(22)23/h3-4,8-9,13-15H,5-7,10-12H2,1-2H3,(H,20,21)(H,22,23). The summed E-state index contributed by atoms with van der Waals surface area (Å²) in [6, 6.07) is 7.92. The Bertz CT molecular complexity index is 570. The Labute approximate surface area is 143 Å². The highest BCUT2D eigenvalue weighted by Gasteiger charge is 2.30. The third-order valence-corrected chi connectivity index (χ3v) is 4.59. The number of carbonyl (C=O) groups is 2. The number of hydrogen-bond donors (Lipinski definition) is 2. The van der Waals surface area contributed by atoms with E-state index in [1.54, 1.807) is 0 Å². The summed E-state index contributed by atoms with van der Waals surface area (Å²) < 4.78 is 5.79. The van der Waals surface area contributed by atoms with Gasteiger partial charge in [-0.05, 0) is 36.8 Å². The molecule has 0 spiro atoms. The SMILES string of the molecule is CC(C)c1ccccc1OCCNC(=O)C1CCCC(C(=O)O)C1. The third kappa shape index (κ3) is 4.98. The first-order chi connectivity index (χ1) is 11.5. The molecule has 0 aromatic heterocycles. The van der Waals surface area contributed by atoms with Crippen LogP contribution < -0.4 is 10.1 Å². The fourth-order valence-corrected chi connectivity index (χ4v) is 3.22. The van der Waals surface area contributed by atoms with Crippen molar-refractivity contribution in [2.45, 2.75) is 45.4 Å². The number of carboxylic acid groups (broad SMARTS) is 1. The predicted octanol–water partition coefficient (Wildman–Crippen LogP) is 3.20. The Morgan fingerprint density at radius 3 is 2.67 bits per heavy atom. The van der Waals surface area contributed by atoms with E-state index < -0.39 is 5.97 Å². The van der Waals surface area contributed by atoms with Crippen molar-refractivity contribution in [1.82, 2.24) is 5.32 Å². The molecule has 0 radical (unpaired) electrons. The van der Waals surface area contributed by atoms with Gasteiger partial charge in [-0.25, -0.2) is 0 Å². The zero-order valence-electron chi connectivity index (χ0n) is 14.5. The maximum atomic E-state index is 12.2. The van der Waals surface area contributed by atoms with Crippen LogP contribution in [0.15, 0.2) is 24.3 Å². The molecule has 132 valence electrons. The number of carbonyl (C=O) groups excluding carboxylic acids is 1. The average Bonchev–Trinajstić information content (AvgIpc) is 2.58. The predicted molar refractivity (Wildman–Crippen MR) is 92.1 cm³/mol. The highest BCUT2D eigenvalue weighted by atomic mass is 16.5. The van der Waals surface area contributed by atoms with Crippen LogP contribution in [0.2, 0.25) is 0 Å². The highest BCUT2D eigenvalue weighted by molar-refractivity contribution is 5.80. The smallest absolute Gasteiger partial charge is 0.306 e. The molecular weight excluding hydrogens is 306 g/mol. The molecule has 2 N–H and O–H groups in total. The van der Waals surface area contributed by atoms with Gasteiger partial charge in [-0.15, -0.1) is 0 Å². The second-order valence-corrected chi connectivity index (χ2v) is 6.73. The van der Waals surface area contributed by atoms with Crippen molar-refractivity contribution < 1.29 is 19.4 Å². The number of amides is 1. The normalized spacial score (nSPS) is 20.6. The van der Waals surface area contributed by atoms with Crippen LogP contribution in [0.25, 0.3) is 0 Å². The zero-order valence-corrected chi connectivity index (χ0v) is 14.5. The van der Waals surface area contributed by atoms with Gasteiger partial charge in [0, 0.05) is 5.92 Å². The van der Waals surface area contributed by atoms with Gasteiger partial charge in [-0.2, -0.15) is 0 Å². The van der Waals surface area contributed by atoms with Crippen LogP contribution in [0.3, 0.4) is 0 Å². The Morgan fingerprint density at radius 1 is 1.25 bits per heavy atom. The minimum absolute atomic E-state index is 0.0540. The number of nitrogens with one attached hydrogen (secondary N) is 1. The maximum Gasteiger partial charge on any atom is 0.306 e. The first kappa shape index (κ1) is 18.3. The lowest BCUT2D eigenvalue weighted by atomic mass is 9.81. The Hall–Kier alpha value is -2.04. The molecule has 24 heavy (non-hydrogen) atoms. The molecule has 1 aliphatic rings. The van der Waals surface area contributed by atoms with E-state index in [1.165, 1.54) is 0 Å². The topological polar surface area (TPSA) is 75.6 Å². The largest absolute Gasteiger partial charge is 0.491 e. The van der Waals surface area contributed by atoms with Crippen molar-refractivity contribution in [3.05, 3.63) is 29.8 Å². The minimum Gasteiger partial charge on any atom is -0.491 e. The molecule has 2 atom stereocenters. The zero-order chi connectivity index (χ0) is 17.5. The van der Waals surface area contributed by atoms with Crippen molar-refractivity contribution >= 4 is 11.9 Å². The van der Waals surface area contributed by atoms with E-state index in [0.717, 1.165) is 24.2 Å². The molecule has 0 saturated heterocycles. The van der Waals surface area contributed by atoms with Crippen molar-refractivity contribution in [2.24, 2.45) is 11.8 Å². The minimum atomic E-state index is -0.791. The molecule has 2 rings (SSSR count). The molecule has 0 aliphatic heterocycles. The van der Waals surface area contributed by atoms with Gasteiger partial charge in [-0.3, -0.25) is 9.59 Å². The van der Waals surface area contributed by atoms with Gasteiger partial charge >= 0.3 is 5.97 Å². The number of ether oxygens (including phenoxy) is 1. The van der Waals surface area contributed by atoms with Crippen LogP contribution in [0, 0.1) is 11.8 Å². The van der Waals surface area contributed by atoms with Gasteiger partial charge in [0.2, 0.25) is 5.91 Å². The van der Waals surface area contributed by atoms with E-state index in [4.69, 9.17) is 9.84 Å². The van der Waals surface area contributed by atoms with Crippen LogP contribution >= 0.6 is 0 Å². The second-order valence-electron chi connectivity index (χ2n) is 6.73. The number of aliphatic carboxylic acids is 1. The van der Waals surface area contributed by atoms with E-state index in [0.29, 0.717) is 31.9 Å². The molecule has 2 unspecified atom stereocenters. The van der Waals surface area contributed by atoms with Gasteiger partial charge < -0.3 is 15.2 Å². The Kier molecular flexibility index (Phi) is 6.64. The molecule has 5 nitrogen and oxygen atoms in total. The lowest BCUT2D eigenvalue weighted by Crippen LogP contribution is -2.37. The van der Waals surface area contributed by atoms with Gasteiger partial charge in [0.25, 0.3) is 0 Å². The fourth-order valence-electron chi connectivity index (χ4n) is 3.22. The summed E-state index contributed by atoms with van der Waals surface area (Å²) in [6.07, 6.45) is 2.69. The average molecular weight is 333 g/mol. The summed E-state index contributed by atoms with van der Waals surface area (Å²) in [6.45, 7) is 5.07. The lowest BCUT2D eigenvalue weighted by Gasteiger charge is -2.25. The summed E-state index contributed by atoms with van der Waals surface area (Å²) in [4.78, 5) is 23.3. The number of benzene rings is 1. The summed E-state index contributed by atoms with van der Waals surface area (Å²) in [5.74, 6) is -0.189. The van der Waals surface area contributed by atoms with E-state index >= 15 is 0 Å². The Morgan fingerprint density at radius 2 is 1.96 bits per heavy atom. The first-order valence-corrected chi connectivity index (χ1v) is 8.71. The number of para-hydroxylation sites is 1. The number of hydrogen-bond acceptors (Lipinski definition) is 3. The molecule has 5 heteroatoms. The molecule has 1 saturated carbocycles. The number of rotatable bonds is 7. The van der Waals surface area contributed by atoms with Crippen molar-refractivity contribution in [2.75, 3.05) is 13.2 Å². The van der Waals surface area contributed by atoms with E-state index in [-0.39, 0.29) is 17.7 Å². The van der Waals surface area contributed by atoms with Crippen LogP contribution in [0.5, 0.6) is 5.75 Å². The van der Waals surface area contributed by atoms with E-state index in [9.17, 15) is 9.59 Å².